The van der Waals surface area contributed by atoms with Crippen LogP contribution in [0.4, 0.5) is 10.1 Å². The third kappa shape index (κ3) is 3.56. The number of Topliss-reactive ketones (excluding diaryl/α,β-unsaturated/α-hetero) is 1. The number of thioether (sulfide) groups is 1. The van der Waals surface area contributed by atoms with E-state index in [1.807, 2.05) is 12.1 Å². The molecule has 0 aromatic heterocycles. The van der Waals surface area contributed by atoms with E-state index in [1.165, 1.54) is 17.7 Å². The van der Waals surface area contributed by atoms with Crippen molar-refractivity contribution in [3.63, 3.8) is 0 Å². The zero-order valence-corrected chi connectivity index (χ0v) is 17.5. The number of ketones is 1. The highest BCUT2D eigenvalue weighted by atomic mass is 32.2. The molecule has 3 aromatic rings. The fraction of sp³-hybridized carbons (Fsp3) is 0.192. The van der Waals surface area contributed by atoms with Crippen LogP contribution >= 0.6 is 11.8 Å². The van der Waals surface area contributed by atoms with Gasteiger partial charge in [0.05, 0.1) is 11.6 Å². The molecule has 150 valence electrons. The molecule has 4 heteroatoms. The number of benzene rings is 3. The summed E-state index contributed by atoms with van der Waals surface area (Å²) in [5.74, 6) is -0.323. The number of allylic oxidation sites excluding steroid dienone is 2. The van der Waals surface area contributed by atoms with Crippen LogP contribution in [-0.4, -0.2) is 5.78 Å². The predicted octanol–water partition coefficient (Wildman–Crippen LogP) is 6.65. The van der Waals surface area contributed by atoms with Crippen molar-refractivity contribution < 1.29 is 9.18 Å². The van der Waals surface area contributed by atoms with Crippen molar-refractivity contribution in [2.45, 2.75) is 29.4 Å². The van der Waals surface area contributed by atoms with Gasteiger partial charge in [-0.1, -0.05) is 60.2 Å². The first-order valence-electron chi connectivity index (χ1n) is 10.2. The van der Waals surface area contributed by atoms with Crippen molar-refractivity contribution in [3.8, 4) is 0 Å². The van der Waals surface area contributed by atoms with Gasteiger partial charge in [0.2, 0.25) is 0 Å². The first-order chi connectivity index (χ1) is 14.6. The summed E-state index contributed by atoms with van der Waals surface area (Å²) in [4.78, 5) is 14.6. The number of aryl methyl sites for hydroxylation is 1. The van der Waals surface area contributed by atoms with Gasteiger partial charge >= 0.3 is 0 Å². The Kier molecular flexibility index (Phi) is 4.95. The maximum Gasteiger partial charge on any atom is 0.144 e. The molecule has 0 saturated heterocycles. The number of anilines is 1. The van der Waals surface area contributed by atoms with E-state index in [0.717, 1.165) is 27.4 Å². The highest BCUT2D eigenvalue weighted by Crippen LogP contribution is 2.51. The van der Waals surface area contributed by atoms with Crippen molar-refractivity contribution in [1.29, 1.82) is 0 Å². The molecule has 1 aliphatic heterocycles. The molecular formula is C26H22FNOS. The summed E-state index contributed by atoms with van der Waals surface area (Å²) in [5, 5.41) is 3.57. The normalized spacial score (nSPS) is 22.9. The first kappa shape index (κ1) is 19.1. The minimum atomic E-state index is -0.260. The molecule has 1 heterocycles. The van der Waals surface area contributed by atoms with E-state index in [4.69, 9.17) is 0 Å². The van der Waals surface area contributed by atoms with E-state index in [2.05, 4.69) is 54.7 Å². The summed E-state index contributed by atoms with van der Waals surface area (Å²) in [6.07, 6.45) is 2.60. The van der Waals surface area contributed by atoms with Gasteiger partial charge in [0.1, 0.15) is 11.6 Å². The van der Waals surface area contributed by atoms with E-state index in [9.17, 15) is 9.18 Å². The van der Waals surface area contributed by atoms with Gasteiger partial charge in [-0.25, -0.2) is 4.39 Å². The lowest BCUT2D eigenvalue weighted by Crippen LogP contribution is -2.30. The van der Waals surface area contributed by atoms with Gasteiger partial charge in [0, 0.05) is 28.2 Å². The van der Waals surface area contributed by atoms with Gasteiger partial charge in [-0.05, 0) is 42.3 Å². The molecule has 0 radical (unpaired) electrons. The number of hydrogen-bond donors (Lipinski definition) is 1. The Morgan fingerprint density at radius 3 is 2.40 bits per heavy atom. The van der Waals surface area contributed by atoms with Gasteiger partial charge < -0.3 is 5.32 Å². The predicted molar refractivity (Wildman–Crippen MR) is 120 cm³/mol. The smallest absolute Gasteiger partial charge is 0.144 e. The number of fused-ring (bicyclic) bond motifs is 2. The SMILES string of the molecule is Cc1ccc([C@@H]2Sc3ccccc3NC3=C[C@H](c4ccc(F)cc4)CC(=O)[C@H]32)cc1. The van der Waals surface area contributed by atoms with Gasteiger partial charge in [-0.3, -0.25) is 4.79 Å². The Balaban J connectivity index is 1.61. The minimum Gasteiger partial charge on any atom is -0.358 e. The Morgan fingerprint density at radius 1 is 0.933 bits per heavy atom. The van der Waals surface area contributed by atoms with E-state index in [-0.39, 0.29) is 28.7 Å². The van der Waals surface area contributed by atoms with Crippen LogP contribution in [0, 0.1) is 18.7 Å². The van der Waals surface area contributed by atoms with E-state index in [1.54, 1.807) is 23.9 Å². The zero-order valence-electron chi connectivity index (χ0n) is 16.6. The zero-order chi connectivity index (χ0) is 20.7. The second-order valence-corrected chi connectivity index (χ2v) is 9.18. The number of hydrogen-bond acceptors (Lipinski definition) is 3. The van der Waals surface area contributed by atoms with Crippen molar-refractivity contribution in [2.24, 2.45) is 5.92 Å². The van der Waals surface area contributed by atoms with E-state index < -0.39 is 0 Å². The van der Waals surface area contributed by atoms with Crippen LogP contribution in [0.2, 0.25) is 0 Å². The number of para-hydroxylation sites is 1. The third-order valence-electron chi connectivity index (χ3n) is 5.91. The molecule has 0 spiro atoms. The Hall–Kier alpha value is -2.85. The Labute approximate surface area is 180 Å². The van der Waals surface area contributed by atoms with Gasteiger partial charge in [0.15, 0.2) is 0 Å². The molecule has 0 unspecified atom stereocenters. The number of halogens is 1. The summed E-state index contributed by atoms with van der Waals surface area (Å²) in [5.41, 5.74) is 5.31. The largest absolute Gasteiger partial charge is 0.358 e. The summed E-state index contributed by atoms with van der Waals surface area (Å²) in [6.45, 7) is 2.07. The molecule has 0 bridgehead atoms. The molecule has 2 nitrogen and oxygen atoms in total. The Bertz CT molecular complexity index is 1120. The lowest BCUT2D eigenvalue weighted by atomic mass is 9.78. The average molecular weight is 416 g/mol. The van der Waals surface area contributed by atoms with Crippen molar-refractivity contribution in [1.82, 2.24) is 0 Å². The van der Waals surface area contributed by atoms with Crippen LogP contribution in [0.15, 0.2) is 89.5 Å². The molecule has 0 saturated carbocycles. The highest BCUT2D eigenvalue weighted by Gasteiger charge is 2.40. The minimum absolute atomic E-state index is 0.00895. The lowest BCUT2D eigenvalue weighted by molar-refractivity contribution is -0.122. The molecule has 3 aromatic carbocycles. The van der Waals surface area contributed by atoms with Gasteiger partial charge in [-0.2, -0.15) is 0 Å². The number of nitrogens with one attached hydrogen (secondary N) is 1. The van der Waals surface area contributed by atoms with Crippen LogP contribution in [0.3, 0.4) is 0 Å². The molecule has 2 aliphatic rings. The Morgan fingerprint density at radius 2 is 1.63 bits per heavy atom. The van der Waals surface area contributed by atoms with Crippen molar-refractivity contribution >= 4 is 23.2 Å². The molecule has 1 N–H and O–H groups in total. The number of rotatable bonds is 2. The molecule has 0 fully saturated rings. The van der Waals surface area contributed by atoms with Crippen LogP contribution < -0.4 is 5.32 Å². The maximum absolute atomic E-state index is 13.5. The second-order valence-electron chi connectivity index (χ2n) is 8.00. The van der Waals surface area contributed by atoms with Gasteiger partial charge in [-0.15, -0.1) is 11.8 Å². The molecule has 0 amide bonds. The van der Waals surface area contributed by atoms with Crippen LogP contribution in [-0.2, 0) is 4.79 Å². The van der Waals surface area contributed by atoms with E-state index in [0.29, 0.717) is 6.42 Å². The third-order valence-corrected chi connectivity index (χ3v) is 7.32. The topological polar surface area (TPSA) is 29.1 Å². The lowest BCUT2D eigenvalue weighted by Gasteiger charge is -2.31. The fourth-order valence-electron chi connectivity index (χ4n) is 4.32. The molecule has 1 aliphatic carbocycles. The standard InChI is InChI=1S/C26H22FNOS/c1-16-6-8-18(9-7-16)26-25-22(28-21-4-2-3-5-24(21)30-26)14-19(15-23(25)29)17-10-12-20(27)13-11-17/h2-14,19,25-26,28H,15H2,1H3/t19-,25-,26-/m0/s1. The highest BCUT2D eigenvalue weighted by molar-refractivity contribution is 7.99. The molecule has 3 atom stereocenters. The molecule has 30 heavy (non-hydrogen) atoms. The van der Waals surface area contributed by atoms with Gasteiger partial charge in [0.25, 0.3) is 0 Å². The van der Waals surface area contributed by atoms with E-state index >= 15 is 0 Å². The summed E-state index contributed by atoms with van der Waals surface area (Å²) < 4.78 is 13.4. The molecular weight excluding hydrogens is 393 g/mol. The van der Waals surface area contributed by atoms with Crippen LogP contribution in [0.5, 0.6) is 0 Å². The first-order valence-corrected chi connectivity index (χ1v) is 11.1. The summed E-state index contributed by atoms with van der Waals surface area (Å²) >= 11 is 1.75. The summed E-state index contributed by atoms with van der Waals surface area (Å²) in [7, 11) is 0. The monoisotopic (exact) mass is 415 g/mol. The van der Waals surface area contributed by atoms with Crippen LogP contribution in [0.25, 0.3) is 0 Å². The molecule has 5 rings (SSSR count). The van der Waals surface area contributed by atoms with Crippen molar-refractivity contribution in [2.75, 3.05) is 5.32 Å². The second kappa shape index (κ2) is 7.77. The number of carbonyl (C=O) groups is 1. The quantitative estimate of drug-likeness (QED) is 0.508. The summed E-state index contributed by atoms with van der Waals surface area (Å²) in [6, 6.07) is 23.2. The van der Waals surface area contributed by atoms with Crippen molar-refractivity contribution in [3.05, 3.63) is 107 Å². The average Bonchev–Trinajstić information content (AvgIpc) is 2.91. The van der Waals surface area contributed by atoms with Crippen LogP contribution in [0.1, 0.15) is 34.3 Å². The maximum atomic E-state index is 13.5. The number of carbonyl (C=O) groups excluding carboxylic acids is 1. The fourth-order valence-corrected chi connectivity index (χ4v) is 5.73.